The molecule has 4 heteroatoms. The van der Waals surface area contributed by atoms with Crippen molar-refractivity contribution in [2.45, 2.75) is 31.7 Å². The van der Waals surface area contributed by atoms with E-state index >= 15 is 0 Å². The zero-order valence-corrected chi connectivity index (χ0v) is 14.0. The van der Waals surface area contributed by atoms with E-state index in [4.69, 9.17) is 4.74 Å². The van der Waals surface area contributed by atoms with Gasteiger partial charge in [0, 0.05) is 6.04 Å². The Morgan fingerprint density at radius 2 is 1.96 bits per heavy atom. The second-order valence-corrected chi connectivity index (χ2v) is 5.88. The summed E-state index contributed by atoms with van der Waals surface area (Å²) in [5, 5.41) is 13.0. The summed E-state index contributed by atoms with van der Waals surface area (Å²) in [6.45, 7) is 1.84. The first-order valence-electron chi connectivity index (χ1n) is 8.03. The van der Waals surface area contributed by atoms with Crippen LogP contribution in [-0.4, -0.2) is 24.3 Å². The number of nitrogens with one attached hydrogen (secondary N) is 1. The summed E-state index contributed by atoms with van der Waals surface area (Å²) in [6, 6.07) is 16.2. The third kappa shape index (κ3) is 5.15. The summed E-state index contributed by atoms with van der Waals surface area (Å²) in [6.07, 6.45) is 4.26. The first kappa shape index (κ1) is 17.6. The molecule has 1 fully saturated rings. The molecule has 1 aliphatic rings. The molecule has 0 amide bonds. The molecule has 1 heterocycles. The van der Waals surface area contributed by atoms with Gasteiger partial charge in [-0.2, -0.15) is 0 Å². The molecule has 124 valence electrons. The summed E-state index contributed by atoms with van der Waals surface area (Å²) in [4.78, 5) is 0. The molecule has 0 spiro atoms. The number of para-hydroxylation sites is 1. The van der Waals surface area contributed by atoms with Crippen LogP contribution >= 0.6 is 12.4 Å². The minimum atomic E-state index is 0. The van der Waals surface area contributed by atoms with E-state index in [2.05, 4.69) is 17.4 Å². The fourth-order valence-electron chi connectivity index (χ4n) is 2.93. The monoisotopic (exact) mass is 333 g/mol. The minimum absolute atomic E-state index is 0. The number of ether oxygens (including phenoxy) is 1. The van der Waals surface area contributed by atoms with E-state index in [1.165, 1.54) is 18.4 Å². The summed E-state index contributed by atoms with van der Waals surface area (Å²) < 4.78 is 6.02. The number of aryl methyl sites for hydroxylation is 2. The van der Waals surface area contributed by atoms with Crippen molar-refractivity contribution >= 4 is 12.4 Å². The lowest BCUT2D eigenvalue weighted by atomic mass is 10.0. The molecule has 23 heavy (non-hydrogen) atoms. The van der Waals surface area contributed by atoms with E-state index in [9.17, 15) is 5.11 Å². The Morgan fingerprint density at radius 3 is 2.74 bits per heavy atom. The highest BCUT2D eigenvalue weighted by Crippen LogP contribution is 2.22. The molecule has 0 bridgehead atoms. The molecular weight excluding hydrogens is 310 g/mol. The molecule has 1 unspecified atom stereocenters. The molecule has 1 atom stereocenters. The topological polar surface area (TPSA) is 41.5 Å². The predicted octanol–water partition coefficient (Wildman–Crippen LogP) is 3.73. The molecule has 0 aromatic heterocycles. The van der Waals surface area contributed by atoms with Gasteiger partial charge >= 0.3 is 0 Å². The average molecular weight is 334 g/mol. The standard InChI is InChI=1S/C19H23NO2.ClH/c21-18-8-3-5-15(13-18)10-11-16-6-1-2-9-19(16)22-14-17-7-4-12-20-17;/h1-3,5-6,8-9,13,17,20-21H,4,7,10-12,14H2;1H. The van der Waals surface area contributed by atoms with Crippen molar-refractivity contribution in [1.82, 2.24) is 5.32 Å². The number of phenols is 1. The first-order chi connectivity index (χ1) is 10.8. The Bertz CT molecular complexity index is 612. The van der Waals surface area contributed by atoms with Crippen molar-refractivity contribution in [1.29, 1.82) is 0 Å². The zero-order valence-electron chi connectivity index (χ0n) is 13.2. The van der Waals surface area contributed by atoms with Crippen LogP contribution in [0.3, 0.4) is 0 Å². The van der Waals surface area contributed by atoms with Gasteiger partial charge in [0.2, 0.25) is 0 Å². The van der Waals surface area contributed by atoms with Gasteiger partial charge in [0.05, 0.1) is 0 Å². The van der Waals surface area contributed by atoms with E-state index in [0.717, 1.165) is 37.3 Å². The van der Waals surface area contributed by atoms with Crippen LogP contribution in [0.25, 0.3) is 0 Å². The molecule has 0 aliphatic carbocycles. The second kappa shape index (κ2) is 8.80. The Labute approximate surface area is 144 Å². The maximum atomic E-state index is 9.54. The number of halogens is 1. The van der Waals surface area contributed by atoms with Crippen molar-refractivity contribution in [3.8, 4) is 11.5 Å². The fourth-order valence-corrected chi connectivity index (χ4v) is 2.93. The number of hydrogen-bond donors (Lipinski definition) is 2. The molecule has 3 nitrogen and oxygen atoms in total. The van der Waals surface area contributed by atoms with Crippen molar-refractivity contribution in [3.05, 3.63) is 59.7 Å². The van der Waals surface area contributed by atoms with Crippen molar-refractivity contribution in [3.63, 3.8) is 0 Å². The van der Waals surface area contributed by atoms with Gasteiger partial charge in [0.15, 0.2) is 0 Å². The second-order valence-electron chi connectivity index (χ2n) is 5.88. The van der Waals surface area contributed by atoms with Crippen LogP contribution in [0, 0.1) is 0 Å². The Hall–Kier alpha value is -1.71. The van der Waals surface area contributed by atoms with Crippen LogP contribution in [0.2, 0.25) is 0 Å². The molecule has 3 rings (SSSR count). The van der Waals surface area contributed by atoms with Gasteiger partial charge in [0.1, 0.15) is 18.1 Å². The van der Waals surface area contributed by atoms with E-state index < -0.39 is 0 Å². The molecule has 0 radical (unpaired) electrons. The highest BCUT2D eigenvalue weighted by Gasteiger charge is 2.15. The molecular formula is C19H24ClNO2. The lowest BCUT2D eigenvalue weighted by molar-refractivity contribution is 0.274. The third-order valence-electron chi connectivity index (χ3n) is 4.17. The average Bonchev–Trinajstić information content (AvgIpc) is 3.05. The van der Waals surface area contributed by atoms with Crippen molar-refractivity contribution in [2.24, 2.45) is 0 Å². The smallest absolute Gasteiger partial charge is 0.122 e. The molecule has 2 N–H and O–H groups in total. The van der Waals surface area contributed by atoms with E-state index in [1.54, 1.807) is 6.07 Å². The Morgan fingerprint density at radius 1 is 1.09 bits per heavy atom. The molecule has 1 aliphatic heterocycles. The van der Waals surface area contributed by atoms with E-state index in [1.807, 2.05) is 30.3 Å². The number of benzene rings is 2. The van der Waals surface area contributed by atoms with Crippen LogP contribution in [0.1, 0.15) is 24.0 Å². The SMILES string of the molecule is Cl.Oc1cccc(CCc2ccccc2OCC2CCCN2)c1. The number of aromatic hydroxyl groups is 1. The third-order valence-corrected chi connectivity index (χ3v) is 4.17. The van der Waals surface area contributed by atoms with Gasteiger partial charge in [-0.15, -0.1) is 12.4 Å². The maximum Gasteiger partial charge on any atom is 0.122 e. The fraction of sp³-hybridized carbons (Fsp3) is 0.368. The van der Waals surface area contributed by atoms with Crippen LogP contribution < -0.4 is 10.1 Å². The van der Waals surface area contributed by atoms with Crippen LogP contribution in [-0.2, 0) is 12.8 Å². The van der Waals surface area contributed by atoms with Gasteiger partial charge in [-0.3, -0.25) is 0 Å². The highest BCUT2D eigenvalue weighted by atomic mass is 35.5. The quantitative estimate of drug-likeness (QED) is 0.846. The Kier molecular flexibility index (Phi) is 6.75. The van der Waals surface area contributed by atoms with Gasteiger partial charge < -0.3 is 15.2 Å². The van der Waals surface area contributed by atoms with E-state index in [0.29, 0.717) is 11.8 Å². The summed E-state index contributed by atoms with van der Waals surface area (Å²) in [7, 11) is 0. The van der Waals surface area contributed by atoms with Crippen LogP contribution in [0.4, 0.5) is 0 Å². The zero-order chi connectivity index (χ0) is 15.2. The van der Waals surface area contributed by atoms with E-state index in [-0.39, 0.29) is 12.4 Å². The number of phenolic OH excluding ortho intramolecular Hbond substituents is 1. The lowest BCUT2D eigenvalue weighted by Crippen LogP contribution is -2.28. The first-order valence-corrected chi connectivity index (χ1v) is 8.03. The summed E-state index contributed by atoms with van der Waals surface area (Å²) in [5.74, 6) is 1.31. The van der Waals surface area contributed by atoms with Crippen molar-refractivity contribution < 1.29 is 9.84 Å². The predicted molar refractivity (Wildman–Crippen MR) is 95.7 cm³/mol. The lowest BCUT2D eigenvalue weighted by Gasteiger charge is -2.15. The normalized spacial score (nSPS) is 16.8. The Balaban J connectivity index is 0.00000192. The molecule has 1 saturated heterocycles. The van der Waals surface area contributed by atoms with Gasteiger partial charge in [-0.05, 0) is 61.6 Å². The van der Waals surface area contributed by atoms with Crippen LogP contribution in [0.15, 0.2) is 48.5 Å². The molecule has 0 saturated carbocycles. The summed E-state index contributed by atoms with van der Waals surface area (Å²) in [5.41, 5.74) is 2.37. The maximum absolute atomic E-state index is 9.54. The van der Waals surface area contributed by atoms with Gasteiger partial charge in [-0.25, -0.2) is 0 Å². The van der Waals surface area contributed by atoms with Gasteiger partial charge in [0.25, 0.3) is 0 Å². The summed E-state index contributed by atoms with van der Waals surface area (Å²) >= 11 is 0. The minimum Gasteiger partial charge on any atom is -0.508 e. The molecule has 2 aromatic carbocycles. The number of hydrogen-bond acceptors (Lipinski definition) is 3. The largest absolute Gasteiger partial charge is 0.508 e. The van der Waals surface area contributed by atoms with Crippen LogP contribution in [0.5, 0.6) is 11.5 Å². The van der Waals surface area contributed by atoms with Crippen molar-refractivity contribution in [2.75, 3.05) is 13.2 Å². The highest BCUT2D eigenvalue weighted by molar-refractivity contribution is 5.85. The van der Waals surface area contributed by atoms with Gasteiger partial charge in [-0.1, -0.05) is 30.3 Å². The molecule has 2 aromatic rings. The number of rotatable bonds is 6.